The number of benzene rings is 1. The van der Waals surface area contributed by atoms with Gasteiger partial charge in [-0.1, -0.05) is 32.4 Å². The van der Waals surface area contributed by atoms with E-state index in [1.54, 1.807) is 6.07 Å². The van der Waals surface area contributed by atoms with Gasteiger partial charge in [0.1, 0.15) is 0 Å². The Morgan fingerprint density at radius 2 is 1.88 bits per heavy atom. The zero-order valence-electron chi connectivity index (χ0n) is 14.6. The lowest BCUT2D eigenvalue weighted by Crippen LogP contribution is -2.50. The molecule has 6 heteroatoms. The first-order valence-corrected chi connectivity index (χ1v) is 8.93. The molecule has 0 aliphatic carbocycles. The maximum Gasteiger partial charge on any atom is 0.225 e. The summed E-state index contributed by atoms with van der Waals surface area (Å²) in [4.78, 5) is 27.8. The summed E-state index contributed by atoms with van der Waals surface area (Å²) >= 11 is 6.40. The van der Waals surface area contributed by atoms with Crippen molar-refractivity contribution in [2.45, 2.75) is 33.6 Å². The van der Waals surface area contributed by atoms with E-state index >= 15 is 0 Å². The summed E-state index contributed by atoms with van der Waals surface area (Å²) < 4.78 is 0. The first-order chi connectivity index (χ1) is 11.4. The van der Waals surface area contributed by atoms with E-state index in [0.29, 0.717) is 24.5 Å². The summed E-state index contributed by atoms with van der Waals surface area (Å²) in [7, 11) is 0. The monoisotopic (exact) mass is 351 g/mol. The maximum atomic E-state index is 12.0. The van der Waals surface area contributed by atoms with Gasteiger partial charge in [-0.15, -0.1) is 0 Å². The molecule has 1 fully saturated rings. The molecule has 0 unspecified atom stereocenters. The van der Waals surface area contributed by atoms with Crippen molar-refractivity contribution in [1.29, 1.82) is 0 Å². The largest absolute Gasteiger partial charge is 0.367 e. The topological polar surface area (TPSA) is 52.7 Å². The molecule has 1 aliphatic rings. The van der Waals surface area contributed by atoms with Crippen LogP contribution in [0.4, 0.5) is 11.4 Å². The van der Waals surface area contributed by atoms with Gasteiger partial charge in [-0.2, -0.15) is 0 Å². The molecule has 0 aromatic heterocycles. The summed E-state index contributed by atoms with van der Waals surface area (Å²) in [5, 5.41) is 3.47. The Balaban J connectivity index is 1.98. The fourth-order valence-corrected chi connectivity index (χ4v) is 3.12. The van der Waals surface area contributed by atoms with Crippen molar-refractivity contribution in [3.63, 3.8) is 0 Å². The van der Waals surface area contributed by atoms with Crippen molar-refractivity contribution >= 4 is 34.8 Å². The third-order valence-electron chi connectivity index (χ3n) is 4.13. The van der Waals surface area contributed by atoms with Crippen LogP contribution in [0.2, 0.25) is 5.02 Å². The van der Waals surface area contributed by atoms with Gasteiger partial charge in [0.25, 0.3) is 0 Å². The van der Waals surface area contributed by atoms with Crippen LogP contribution in [-0.2, 0) is 9.59 Å². The van der Waals surface area contributed by atoms with E-state index < -0.39 is 0 Å². The van der Waals surface area contributed by atoms with Gasteiger partial charge >= 0.3 is 0 Å². The van der Waals surface area contributed by atoms with Crippen LogP contribution in [0.25, 0.3) is 0 Å². The molecule has 0 spiro atoms. The van der Waals surface area contributed by atoms with Crippen LogP contribution in [0.3, 0.4) is 0 Å². The Morgan fingerprint density at radius 1 is 1.21 bits per heavy atom. The normalized spacial score (nSPS) is 14.9. The molecule has 1 heterocycles. The smallest absolute Gasteiger partial charge is 0.225 e. The summed E-state index contributed by atoms with van der Waals surface area (Å²) in [6, 6.07) is 5.60. The van der Waals surface area contributed by atoms with E-state index in [-0.39, 0.29) is 17.7 Å². The SMILES string of the molecule is CCCC(=O)Nc1ccc(N2CCN(C(=O)C(C)C)CC2)c(Cl)c1. The number of piperazine rings is 1. The standard InChI is InChI=1S/C18H26ClN3O2/c1-4-5-17(23)20-14-6-7-16(15(19)12-14)21-8-10-22(11-9-21)18(24)13(2)3/h6-7,12-13H,4-5,8-11H2,1-3H3,(H,20,23). The van der Waals surface area contributed by atoms with Crippen LogP contribution in [0.15, 0.2) is 18.2 Å². The molecule has 24 heavy (non-hydrogen) atoms. The number of rotatable bonds is 5. The number of amides is 2. The lowest BCUT2D eigenvalue weighted by atomic mass is 10.1. The predicted octanol–water partition coefficient (Wildman–Crippen LogP) is 3.38. The van der Waals surface area contributed by atoms with E-state index in [0.717, 1.165) is 30.9 Å². The van der Waals surface area contributed by atoms with Crippen LogP contribution < -0.4 is 10.2 Å². The summed E-state index contributed by atoms with van der Waals surface area (Å²) in [6.45, 7) is 8.78. The number of anilines is 2. The molecule has 1 aliphatic heterocycles. The maximum absolute atomic E-state index is 12.0. The molecule has 1 aromatic carbocycles. The van der Waals surface area contributed by atoms with E-state index in [1.165, 1.54) is 0 Å². The van der Waals surface area contributed by atoms with Gasteiger partial charge in [0.2, 0.25) is 11.8 Å². The fraction of sp³-hybridized carbons (Fsp3) is 0.556. The van der Waals surface area contributed by atoms with Crippen molar-refractivity contribution < 1.29 is 9.59 Å². The Kier molecular flexibility index (Phi) is 6.49. The number of halogens is 1. The molecular formula is C18H26ClN3O2. The number of carbonyl (C=O) groups excluding carboxylic acids is 2. The van der Waals surface area contributed by atoms with Gasteiger partial charge < -0.3 is 15.1 Å². The highest BCUT2D eigenvalue weighted by Crippen LogP contribution is 2.30. The second-order valence-electron chi connectivity index (χ2n) is 6.43. The molecule has 132 valence electrons. The van der Waals surface area contributed by atoms with Crippen molar-refractivity contribution in [3.8, 4) is 0 Å². The molecule has 0 radical (unpaired) electrons. The minimum atomic E-state index is 0.00197. The van der Waals surface area contributed by atoms with E-state index in [1.807, 2.05) is 37.8 Å². The molecule has 0 bridgehead atoms. The van der Waals surface area contributed by atoms with Crippen molar-refractivity contribution in [2.24, 2.45) is 5.92 Å². The van der Waals surface area contributed by atoms with Gasteiger partial charge in [0.05, 0.1) is 10.7 Å². The highest BCUT2D eigenvalue weighted by molar-refractivity contribution is 6.33. The molecule has 2 rings (SSSR count). The van der Waals surface area contributed by atoms with Gasteiger partial charge in [-0.3, -0.25) is 9.59 Å². The van der Waals surface area contributed by atoms with Crippen LogP contribution in [0.5, 0.6) is 0 Å². The van der Waals surface area contributed by atoms with Crippen molar-refractivity contribution in [3.05, 3.63) is 23.2 Å². The highest BCUT2D eigenvalue weighted by atomic mass is 35.5. The Bertz CT molecular complexity index is 596. The van der Waals surface area contributed by atoms with Gasteiger partial charge in [0, 0.05) is 44.2 Å². The second-order valence-corrected chi connectivity index (χ2v) is 6.84. The number of nitrogens with one attached hydrogen (secondary N) is 1. The average Bonchev–Trinajstić information content (AvgIpc) is 2.54. The minimum Gasteiger partial charge on any atom is -0.367 e. The van der Waals surface area contributed by atoms with Gasteiger partial charge in [-0.25, -0.2) is 0 Å². The molecule has 0 saturated carbocycles. The first-order valence-electron chi connectivity index (χ1n) is 8.55. The zero-order chi connectivity index (χ0) is 17.7. The second kappa shape index (κ2) is 8.38. The van der Waals surface area contributed by atoms with E-state index in [2.05, 4.69) is 10.2 Å². The van der Waals surface area contributed by atoms with Crippen LogP contribution in [-0.4, -0.2) is 42.9 Å². The Hall–Kier alpha value is -1.75. The molecule has 1 N–H and O–H groups in total. The Labute approximate surface area is 149 Å². The lowest BCUT2D eigenvalue weighted by Gasteiger charge is -2.37. The summed E-state index contributed by atoms with van der Waals surface area (Å²) in [5.74, 6) is 0.239. The quantitative estimate of drug-likeness (QED) is 0.884. The highest BCUT2D eigenvalue weighted by Gasteiger charge is 2.23. The Morgan fingerprint density at radius 3 is 2.42 bits per heavy atom. The van der Waals surface area contributed by atoms with Crippen LogP contribution in [0.1, 0.15) is 33.6 Å². The molecule has 1 saturated heterocycles. The summed E-state index contributed by atoms with van der Waals surface area (Å²) in [6.07, 6.45) is 1.32. The number of carbonyl (C=O) groups is 2. The van der Waals surface area contributed by atoms with Gasteiger partial charge in [0.15, 0.2) is 0 Å². The molecule has 0 atom stereocenters. The average molecular weight is 352 g/mol. The summed E-state index contributed by atoms with van der Waals surface area (Å²) in [5.41, 5.74) is 1.66. The third-order valence-corrected chi connectivity index (χ3v) is 4.44. The molecule has 1 aromatic rings. The molecule has 2 amide bonds. The lowest BCUT2D eigenvalue weighted by molar-refractivity contribution is -0.134. The number of nitrogens with zero attached hydrogens (tertiary/aromatic N) is 2. The van der Waals surface area contributed by atoms with Gasteiger partial charge in [-0.05, 0) is 24.6 Å². The fourth-order valence-electron chi connectivity index (χ4n) is 2.82. The van der Waals surface area contributed by atoms with E-state index in [9.17, 15) is 9.59 Å². The zero-order valence-corrected chi connectivity index (χ0v) is 15.4. The van der Waals surface area contributed by atoms with Crippen molar-refractivity contribution in [1.82, 2.24) is 4.90 Å². The minimum absolute atomic E-state index is 0.00197. The number of hydrogen-bond acceptors (Lipinski definition) is 3. The van der Waals surface area contributed by atoms with Crippen LogP contribution in [0, 0.1) is 5.92 Å². The number of hydrogen-bond donors (Lipinski definition) is 1. The van der Waals surface area contributed by atoms with Crippen LogP contribution >= 0.6 is 11.6 Å². The molecule has 5 nitrogen and oxygen atoms in total. The van der Waals surface area contributed by atoms with Crippen molar-refractivity contribution in [2.75, 3.05) is 36.4 Å². The predicted molar refractivity (Wildman–Crippen MR) is 98.6 cm³/mol. The first kappa shape index (κ1) is 18.6. The third kappa shape index (κ3) is 4.63. The van der Waals surface area contributed by atoms with E-state index in [4.69, 9.17) is 11.6 Å². The molecular weight excluding hydrogens is 326 g/mol.